The zero-order valence-electron chi connectivity index (χ0n) is 11.1. The zero-order valence-corrected chi connectivity index (χ0v) is 11.1. The number of rotatable bonds is 8. The number of nitrogens with one attached hydrogen (secondary N) is 1. The van der Waals surface area contributed by atoms with E-state index in [0.29, 0.717) is 19.6 Å². The fraction of sp³-hybridized carbons (Fsp3) is 0.500. The summed E-state index contributed by atoms with van der Waals surface area (Å²) in [5, 5.41) is 2.79. The number of benzene rings is 1. The lowest BCUT2D eigenvalue weighted by Gasteiger charge is -2.09. The summed E-state index contributed by atoms with van der Waals surface area (Å²) in [6.45, 7) is 5.75. The van der Waals surface area contributed by atoms with Crippen molar-refractivity contribution in [1.29, 1.82) is 0 Å². The molecule has 1 aromatic rings. The second-order valence-corrected chi connectivity index (χ2v) is 3.89. The SMILES string of the molecule is CCCOCCOc1cccc(NC(=O)CC)c1. The Morgan fingerprint density at radius 2 is 2.06 bits per heavy atom. The van der Waals surface area contributed by atoms with E-state index in [1.165, 1.54) is 0 Å². The number of carbonyl (C=O) groups is 1. The Balaban J connectivity index is 2.37. The van der Waals surface area contributed by atoms with E-state index in [9.17, 15) is 4.79 Å². The third-order valence-electron chi connectivity index (χ3n) is 2.28. The summed E-state index contributed by atoms with van der Waals surface area (Å²) >= 11 is 0. The molecule has 1 N–H and O–H groups in total. The van der Waals surface area contributed by atoms with Gasteiger partial charge in [0.15, 0.2) is 0 Å². The van der Waals surface area contributed by atoms with E-state index in [4.69, 9.17) is 9.47 Å². The summed E-state index contributed by atoms with van der Waals surface area (Å²) in [5.41, 5.74) is 0.758. The molecule has 0 unspecified atom stereocenters. The Hall–Kier alpha value is -1.55. The van der Waals surface area contributed by atoms with Crippen LogP contribution in [-0.2, 0) is 9.53 Å². The molecule has 0 aliphatic rings. The Labute approximate surface area is 108 Å². The normalized spacial score (nSPS) is 10.1. The Bertz CT molecular complexity index is 366. The minimum atomic E-state index is -0.00145. The second kappa shape index (κ2) is 8.53. The van der Waals surface area contributed by atoms with Gasteiger partial charge in [-0.1, -0.05) is 19.9 Å². The van der Waals surface area contributed by atoms with Crippen LogP contribution in [0.3, 0.4) is 0 Å². The second-order valence-electron chi connectivity index (χ2n) is 3.89. The fourth-order valence-electron chi connectivity index (χ4n) is 1.38. The third-order valence-corrected chi connectivity index (χ3v) is 2.28. The molecule has 0 spiro atoms. The highest BCUT2D eigenvalue weighted by Gasteiger charge is 2.00. The first-order valence-corrected chi connectivity index (χ1v) is 6.36. The zero-order chi connectivity index (χ0) is 13.2. The molecule has 0 aliphatic carbocycles. The lowest BCUT2D eigenvalue weighted by molar-refractivity contribution is -0.115. The number of amides is 1. The standard InChI is InChI=1S/C14H21NO3/c1-3-8-17-9-10-18-13-7-5-6-12(11-13)15-14(16)4-2/h5-7,11H,3-4,8-10H2,1-2H3,(H,15,16). The predicted octanol–water partition coefficient (Wildman–Crippen LogP) is 2.84. The maximum Gasteiger partial charge on any atom is 0.224 e. The van der Waals surface area contributed by atoms with Crippen molar-refractivity contribution in [1.82, 2.24) is 0 Å². The average Bonchev–Trinajstić information content (AvgIpc) is 2.39. The molecular formula is C14H21NO3. The maximum absolute atomic E-state index is 11.3. The van der Waals surface area contributed by atoms with Gasteiger partial charge in [-0.2, -0.15) is 0 Å². The van der Waals surface area contributed by atoms with E-state index < -0.39 is 0 Å². The van der Waals surface area contributed by atoms with Gasteiger partial charge in [-0.15, -0.1) is 0 Å². The van der Waals surface area contributed by atoms with E-state index in [1.54, 1.807) is 0 Å². The van der Waals surface area contributed by atoms with E-state index in [1.807, 2.05) is 31.2 Å². The largest absolute Gasteiger partial charge is 0.491 e. The van der Waals surface area contributed by atoms with Crippen LogP contribution in [0.15, 0.2) is 24.3 Å². The van der Waals surface area contributed by atoms with Gasteiger partial charge in [-0.25, -0.2) is 0 Å². The lowest BCUT2D eigenvalue weighted by Crippen LogP contribution is -2.10. The van der Waals surface area contributed by atoms with Gasteiger partial charge in [-0.05, 0) is 18.6 Å². The van der Waals surface area contributed by atoms with E-state index in [-0.39, 0.29) is 5.91 Å². The first kappa shape index (κ1) is 14.5. The van der Waals surface area contributed by atoms with Gasteiger partial charge in [-0.3, -0.25) is 4.79 Å². The molecule has 18 heavy (non-hydrogen) atoms. The first-order chi connectivity index (χ1) is 8.76. The summed E-state index contributed by atoms with van der Waals surface area (Å²) < 4.78 is 10.9. The number of ether oxygens (including phenoxy) is 2. The molecule has 0 radical (unpaired) electrons. The van der Waals surface area contributed by atoms with Crippen LogP contribution >= 0.6 is 0 Å². The minimum Gasteiger partial charge on any atom is -0.491 e. The molecule has 0 fully saturated rings. The van der Waals surface area contributed by atoms with Crippen molar-refractivity contribution < 1.29 is 14.3 Å². The van der Waals surface area contributed by atoms with Crippen LogP contribution in [0, 0.1) is 0 Å². The van der Waals surface area contributed by atoms with Gasteiger partial charge >= 0.3 is 0 Å². The van der Waals surface area contributed by atoms with E-state index in [2.05, 4.69) is 12.2 Å². The first-order valence-electron chi connectivity index (χ1n) is 6.36. The molecule has 0 heterocycles. The maximum atomic E-state index is 11.3. The number of carbonyl (C=O) groups excluding carboxylic acids is 1. The van der Waals surface area contributed by atoms with Crippen LogP contribution in [0.5, 0.6) is 5.75 Å². The van der Waals surface area contributed by atoms with Crippen molar-refractivity contribution in [3.63, 3.8) is 0 Å². The van der Waals surface area contributed by atoms with Crippen molar-refractivity contribution in [3.8, 4) is 5.75 Å². The molecule has 0 aliphatic heterocycles. The van der Waals surface area contributed by atoms with Gasteiger partial charge in [0.2, 0.25) is 5.91 Å². The molecular weight excluding hydrogens is 230 g/mol. The molecule has 100 valence electrons. The highest BCUT2D eigenvalue weighted by Crippen LogP contribution is 2.17. The van der Waals surface area contributed by atoms with Gasteiger partial charge in [0.25, 0.3) is 0 Å². The average molecular weight is 251 g/mol. The Morgan fingerprint density at radius 3 is 2.78 bits per heavy atom. The quantitative estimate of drug-likeness (QED) is 0.723. The van der Waals surface area contributed by atoms with Crippen molar-refractivity contribution in [2.75, 3.05) is 25.1 Å². The molecule has 1 amide bonds. The molecule has 0 saturated carbocycles. The van der Waals surface area contributed by atoms with Crippen LogP contribution in [-0.4, -0.2) is 25.7 Å². The van der Waals surface area contributed by atoms with E-state index >= 15 is 0 Å². The van der Waals surface area contributed by atoms with Gasteiger partial charge in [0.05, 0.1) is 6.61 Å². The molecule has 0 aromatic heterocycles. The summed E-state index contributed by atoms with van der Waals surface area (Å²) in [4.78, 5) is 11.3. The third kappa shape index (κ3) is 5.68. The van der Waals surface area contributed by atoms with Crippen molar-refractivity contribution in [3.05, 3.63) is 24.3 Å². The van der Waals surface area contributed by atoms with Crippen LogP contribution in [0.1, 0.15) is 26.7 Å². The number of anilines is 1. The predicted molar refractivity (Wildman–Crippen MR) is 72.0 cm³/mol. The molecule has 4 nitrogen and oxygen atoms in total. The molecule has 1 rings (SSSR count). The fourth-order valence-corrected chi connectivity index (χ4v) is 1.38. The van der Waals surface area contributed by atoms with Crippen LogP contribution in [0.2, 0.25) is 0 Å². The molecule has 0 bridgehead atoms. The smallest absolute Gasteiger partial charge is 0.224 e. The van der Waals surface area contributed by atoms with Crippen molar-refractivity contribution in [2.24, 2.45) is 0 Å². The number of hydrogen-bond acceptors (Lipinski definition) is 3. The lowest BCUT2D eigenvalue weighted by atomic mass is 10.3. The summed E-state index contributed by atoms with van der Waals surface area (Å²) in [6, 6.07) is 7.37. The number of hydrogen-bond donors (Lipinski definition) is 1. The molecule has 4 heteroatoms. The monoisotopic (exact) mass is 251 g/mol. The van der Waals surface area contributed by atoms with Crippen molar-refractivity contribution >= 4 is 11.6 Å². The summed E-state index contributed by atoms with van der Waals surface area (Å²) in [7, 11) is 0. The summed E-state index contributed by atoms with van der Waals surface area (Å²) in [6.07, 6.45) is 1.48. The minimum absolute atomic E-state index is 0.00145. The molecule has 1 aromatic carbocycles. The highest BCUT2D eigenvalue weighted by atomic mass is 16.5. The topological polar surface area (TPSA) is 47.6 Å². The van der Waals surface area contributed by atoms with Crippen LogP contribution < -0.4 is 10.1 Å². The van der Waals surface area contributed by atoms with Crippen molar-refractivity contribution in [2.45, 2.75) is 26.7 Å². The van der Waals surface area contributed by atoms with Crippen LogP contribution in [0.4, 0.5) is 5.69 Å². The Morgan fingerprint density at radius 1 is 1.22 bits per heavy atom. The van der Waals surface area contributed by atoms with E-state index in [0.717, 1.165) is 24.5 Å². The van der Waals surface area contributed by atoms with Gasteiger partial charge in [0, 0.05) is 24.8 Å². The molecule has 0 saturated heterocycles. The highest BCUT2D eigenvalue weighted by molar-refractivity contribution is 5.90. The molecule has 0 atom stereocenters. The van der Waals surface area contributed by atoms with Gasteiger partial charge < -0.3 is 14.8 Å². The Kier molecular flexibility index (Phi) is 6.87. The van der Waals surface area contributed by atoms with Crippen LogP contribution in [0.25, 0.3) is 0 Å². The van der Waals surface area contributed by atoms with Gasteiger partial charge in [0.1, 0.15) is 12.4 Å². The summed E-state index contributed by atoms with van der Waals surface area (Å²) in [5.74, 6) is 0.738.